The molecule has 0 radical (unpaired) electrons. The highest BCUT2D eigenvalue weighted by Gasteiger charge is 2.30. The fourth-order valence-electron chi connectivity index (χ4n) is 1.67. The van der Waals surface area contributed by atoms with Gasteiger partial charge in [-0.05, 0) is 30.3 Å². The van der Waals surface area contributed by atoms with Crippen molar-refractivity contribution in [1.82, 2.24) is 0 Å². The third-order valence-electron chi connectivity index (χ3n) is 2.65. The molecule has 110 valence electrons. The lowest BCUT2D eigenvalue weighted by atomic mass is 10.1. The first-order valence-corrected chi connectivity index (χ1v) is 5.74. The van der Waals surface area contributed by atoms with Gasteiger partial charge in [0.15, 0.2) is 0 Å². The molecule has 0 aliphatic carbocycles. The summed E-state index contributed by atoms with van der Waals surface area (Å²) in [5.74, 6) is -2.17. The van der Waals surface area contributed by atoms with Gasteiger partial charge in [-0.1, -0.05) is 6.07 Å². The third-order valence-corrected chi connectivity index (χ3v) is 2.65. The second kappa shape index (κ2) is 5.43. The van der Waals surface area contributed by atoms with Gasteiger partial charge in [0, 0.05) is 11.8 Å². The monoisotopic (exact) mass is 299 g/mol. The lowest BCUT2D eigenvalue weighted by molar-refractivity contribution is -0.137. The fraction of sp³-hybridized carbons (Fsp3) is 0.0714. The van der Waals surface area contributed by atoms with Crippen LogP contribution in [-0.4, -0.2) is 11.0 Å². The highest BCUT2D eigenvalue weighted by atomic mass is 19.4. The molecule has 1 amide bonds. The van der Waals surface area contributed by atoms with E-state index in [4.69, 9.17) is 0 Å². The zero-order chi connectivity index (χ0) is 15.6. The Hall–Kier alpha value is -2.57. The number of phenols is 1. The first kappa shape index (κ1) is 14.8. The number of anilines is 1. The van der Waals surface area contributed by atoms with Gasteiger partial charge in [0.1, 0.15) is 11.6 Å². The minimum atomic E-state index is -4.53. The maximum absolute atomic E-state index is 12.8. The fourth-order valence-corrected chi connectivity index (χ4v) is 1.67. The highest BCUT2D eigenvalue weighted by molar-refractivity contribution is 6.06. The van der Waals surface area contributed by atoms with Crippen molar-refractivity contribution in [1.29, 1.82) is 0 Å². The van der Waals surface area contributed by atoms with Gasteiger partial charge in [0.2, 0.25) is 0 Å². The predicted molar refractivity (Wildman–Crippen MR) is 67.5 cm³/mol. The number of benzene rings is 2. The number of phenolic OH excluding ortho intramolecular Hbond substituents is 1. The van der Waals surface area contributed by atoms with Crippen molar-refractivity contribution in [3.8, 4) is 5.75 Å². The maximum Gasteiger partial charge on any atom is 0.416 e. The van der Waals surface area contributed by atoms with Crippen molar-refractivity contribution in [2.45, 2.75) is 6.18 Å². The van der Waals surface area contributed by atoms with E-state index in [2.05, 4.69) is 5.32 Å². The number of nitrogens with one attached hydrogen (secondary N) is 1. The molecule has 2 aromatic rings. The molecule has 0 aliphatic heterocycles. The van der Waals surface area contributed by atoms with Crippen molar-refractivity contribution in [3.05, 3.63) is 59.4 Å². The van der Waals surface area contributed by atoms with Gasteiger partial charge in [-0.3, -0.25) is 4.79 Å². The lowest BCUT2D eigenvalue weighted by Gasteiger charge is -2.10. The Labute approximate surface area is 116 Å². The average Bonchev–Trinajstić information content (AvgIpc) is 2.37. The first-order chi connectivity index (χ1) is 9.77. The minimum absolute atomic E-state index is 0.0847. The molecule has 0 heterocycles. The van der Waals surface area contributed by atoms with E-state index in [1.807, 2.05) is 0 Å². The Morgan fingerprint density at radius 2 is 1.81 bits per heavy atom. The van der Waals surface area contributed by atoms with Crippen molar-refractivity contribution < 1.29 is 27.5 Å². The quantitative estimate of drug-likeness (QED) is 0.829. The van der Waals surface area contributed by atoms with Crippen LogP contribution in [0.5, 0.6) is 5.75 Å². The van der Waals surface area contributed by atoms with Gasteiger partial charge in [0.25, 0.3) is 5.91 Å². The number of alkyl halides is 3. The molecule has 0 aromatic heterocycles. The van der Waals surface area contributed by atoms with Crippen LogP contribution in [0.25, 0.3) is 0 Å². The molecule has 0 atom stereocenters. The maximum atomic E-state index is 12.8. The molecule has 2 aromatic carbocycles. The summed E-state index contributed by atoms with van der Waals surface area (Å²) in [7, 11) is 0. The molecule has 21 heavy (non-hydrogen) atoms. The second-order valence-corrected chi connectivity index (χ2v) is 4.19. The van der Waals surface area contributed by atoms with E-state index in [1.165, 1.54) is 6.07 Å². The molecule has 0 bridgehead atoms. The number of hydrogen-bond donors (Lipinski definition) is 2. The van der Waals surface area contributed by atoms with E-state index < -0.39 is 29.2 Å². The van der Waals surface area contributed by atoms with E-state index in [0.717, 1.165) is 36.4 Å². The molecular formula is C14H9F4NO2. The Morgan fingerprint density at radius 1 is 1.10 bits per heavy atom. The Kier molecular flexibility index (Phi) is 3.84. The first-order valence-electron chi connectivity index (χ1n) is 5.74. The number of hydrogen-bond acceptors (Lipinski definition) is 2. The topological polar surface area (TPSA) is 49.3 Å². The summed E-state index contributed by atoms with van der Waals surface area (Å²) in [6, 6.07) is 6.77. The third kappa shape index (κ3) is 3.50. The van der Waals surface area contributed by atoms with Crippen LogP contribution in [0.1, 0.15) is 15.9 Å². The van der Waals surface area contributed by atoms with Crippen LogP contribution in [0.15, 0.2) is 42.5 Å². The van der Waals surface area contributed by atoms with E-state index in [0.29, 0.717) is 0 Å². The summed E-state index contributed by atoms with van der Waals surface area (Å²) in [5.41, 5.74) is -1.24. The van der Waals surface area contributed by atoms with Crippen LogP contribution in [-0.2, 0) is 6.18 Å². The van der Waals surface area contributed by atoms with E-state index >= 15 is 0 Å². The zero-order valence-corrected chi connectivity index (χ0v) is 10.4. The van der Waals surface area contributed by atoms with Crippen LogP contribution in [0.2, 0.25) is 0 Å². The molecule has 0 fully saturated rings. The number of aromatic hydroxyl groups is 1. The largest absolute Gasteiger partial charge is 0.507 e. The summed E-state index contributed by atoms with van der Waals surface area (Å²) >= 11 is 0. The average molecular weight is 299 g/mol. The van der Waals surface area contributed by atoms with Crippen LogP contribution in [0.3, 0.4) is 0 Å². The smallest absolute Gasteiger partial charge is 0.416 e. The normalized spacial score (nSPS) is 11.2. The SMILES string of the molecule is O=C(Nc1cccc(C(F)(F)F)c1)c1ccc(F)cc1O. The number of amides is 1. The summed E-state index contributed by atoms with van der Waals surface area (Å²) < 4.78 is 50.4. The predicted octanol–water partition coefficient (Wildman–Crippen LogP) is 3.80. The molecular weight excluding hydrogens is 290 g/mol. The molecule has 0 aliphatic rings. The number of rotatable bonds is 2. The van der Waals surface area contributed by atoms with Gasteiger partial charge >= 0.3 is 6.18 Å². The summed E-state index contributed by atoms with van der Waals surface area (Å²) in [6.07, 6.45) is -4.53. The van der Waals surface area contributed by atoms with Crippen molar-refractivity contribution in [3.63, 3.8) is 0 Å². The van der Waals surface area contributed by atoms with Gasteiger partial charge in [-0.15, -0.1) is 0 Å². The lowest BCUT2D eigenvalue weighted by Crippen LogP contribution is -2.13. The summed E-state index contributed by atoms with van der Waals surface area (Å²) in [5, 5.41) is 11.7. The minimum Gasteiger partial charge on any atom is -0.507 e. The van der Waals surface area contributed by atoms with Crippen LogP contribution in [0, 0.1) is 5.82 Å². The second-order valence-electron chi connectivity index (χ2n) is 4.19. The van der Waals surface area contributed by atoms with Crippen molar-refractivity contribution >= 4 is 11.6 Å². The molecule has 0 spiro atoms. The van der Waals surface area contributed by atoms with Gasteiger partial charge in [-0.25, -0.2) is 4.39 Å². The van der Waals surface area contributed by atoms with Crippen LogP contribution >= 0.6 is 0 Å². The van der Waals surface area contributed by atoms with Gasteiger partial charge in [0.05, 0.1) is 11.1 Å². The molecule has 2 N–H and O–H groups in total. The Morgan fingerprint density at radius 3 is 2.43 bits per heavy atom. The zero-order valence-electron chi connectivity index (χ0n) is 10.4. The van der Waals surface area contributed by atoms with Crippen molar-refractivity contribution in [2.24, 2.45) is 0 Å². The Bertz CT molecular complexity index is 683. The number of carbonyl (C=O) groups is 1. The van der Waals surface area contributed by atoms with E-state index in [1.54, 1.807) is 0 Å². The van der Waals surface area contributed by atoms with E-state index in [-0.39, 0.29) is 11.3 Å². The molecule has 3 nitrogen and oxygen atoms in total. The van der Waals surface area contributed by atoms with Crippen molar-refractivity contribution in [2.75, 3.05) is 5.32 Å². The molecule has 0 unspecified atom stereocenters. The molecule has 2 rings (SSSR count). The van der Waals surface area contributed by atoms with Crippen LogP contribution in [0.4, 0.5) is 23.2 Å². The number of halogens is 4. The summed E-state index contributed by atoms with van der Waals surface area (Å²) in [6.45, 7) is 0. The highest BCUT2D eigenvalue weighted by Crippen LogP contribution is 2.31. The van der Waals surface area contributed by atoms with Crippen LogP contribution < -0.4 is 5.32 Å². The van der Waals surface area contributed by atoms with Gasteiger partial charge in [-0.2, -0.15) is 13.2 Å². The molecule has 0 saturated heterocycles. The standard InChI is InChI=1S/C14H9F4NO2/c15-9-4-5-11(12(20)7-9)13(21)19-10-3-1-2-8(6-10)14(16,17)18/h1-7,20H,(H,19,21). The molecule has 7 heteroatoms. The van der Waals surface area contributed by atoms with Gasteiger partial charge < -0.3 is 10.4 Å². The number of carbonyl (C=O) groups excluding carboxylic acids is 1. The van der Waals surface area contributed by atoms with E-state index in [9.17, 15) is 27.5 Å². The molecule has 0 saturated carbocycles. The Balaban J connectivity index is 2.24. The summed E-state index contributed by atoms with van der Waals surface area (Å²) in [4.78, 5) is 11.8.